The summed E-state index contributed by atoms with van der Waals surface area (Å²) in [7, 11) is 2.05. The summed E-state index contributed by atoms with van der Waals surface area (Å²) < 4.78 is 2.16. The average molecular weight is 438 g/mol. The fourth-order valence-electron chi connectivity index (χ4n) is 3.90. The Bertz CT molecular complexity index is 1160. The van der Waals surface area contributed by atoms with E-state index in [0.717, 1.165) is 59.4 Å². The number of hydrogen-bond donors (Lipinski definition) is 3. The Kier molecular flexibility index (Phi) is 7.09. The van der Waals surface area contributed by atoms with E-state index in [1.54, 1.807) is 6.33 Å². The molecule has 3 aromatic rings. The van der Waals surface area contributed by atoms with E-state index in [-0.39, 0.29) is 5.91 Å². The number of aryl methyl sites for hydroxylation is 2. The molecule has 0 atom stereocenters. The monoisotopic (exact) mass is 438 g/mol. The molecular weight excluding hydrogens is 412 g/mol. The fourth-order valence-corrected chi connectivity index (χ4v) is 3.90. The van der Waals surface area contributed by atoms with Crippen LogP contribution in [0, 0.1) is 0 Å². The topological polar surface area (TPSA) is 129 Å². The van der Waals surface area contributed by atoms with Crippen molar-refractivity contribution in [2.45, 2.75) is 32.7 Å². The van der Waals surface area contributed by atoms with Crippen molar-refractivity contribution in [1.29, 1.82) is 0 Å². The van der Waals surface area contributed by atoms with Crippen molar-refractivity contribution in [1.82, 2.24) is 19.4 Å². The molecule has 2 aromatic heterocycles. The highest BCUT2D eigenvalue weighted by molar-refractivity contribution is 6.09. The third-order valence-electron chi connectivity index (χ3n) is 5.36. The molecule has 0 bridgehead atoms. The summed E-state index contributed by atoms with van der Waals surface area (Å²) in [5.41, 5.74) is 5.28. The van der Waals surface area contributed by atoms with Crippen molar-refractivity contribution < 1.29 is 24.6 Å². The van der Waals surface area contributed by atoms with Crippen LogP contribution in [0.1, 0.15) is 40.8 Å². The molecule has 0 spiro atoms. The molecule has 3 N–H and O–H groups in total. The first-order valence-corrected chi connectivity index (χ1v) is 10.3. The number of aliphatic carboxylic acids is 2. The number of hydrogen-bond acceptors (Lipinski definition) is 4. The Hall–Kier alpha value is -3.88. The number of H-pyrrole nitrogens is 1. The Morgan fingerprint density at radius 2 is 1.88 bits per heavy atom. The van der Waals surface area contributed by atoms with Crippen molar-refractivity contribution in [2.24, 2.45) is 7.05 Å². The summed E-state index contributed by atoms with van der Waals surface area (Å²) in [5.74, 6) is -2.39. The van der Waals surface area contributed by atoms with Gasteiger partial charge in [0.05, 0.1) is 24.1 Å². The lowest BCUT2D eigenvalue weighted by molar-refractivity contribution is -0.134. The molecule has 0 saturated heterocycles. The second-order valence-electron chi connectivity index (χ2n) is 7.46. The van der Waals surface area contributed by atoms with E-state index in [1.165, 1.54) is 0 Å². The average Bonchev–Trinajstić information content (AvgIpc) is 3.32. The van der Waals surface area contributed by atoms with Crippen LogP contribution in [0.4, 0.5) is 0 Å². The van der Waals surface area contributed by atoms with E-state index in [4.69, 9.17) is 10.2 Å². The minimum absolute atomic E-state index is 0.124. The number of carboxylic acid groups (broad SMARTS) is 2. The lowest BCUT2D eigenvalue weighted by Crippen LogP contribution is -2.37. The van der Waals surface area contributed by atoms with Gasteiger partial charge in [-0.25, -0.2) is 14.6 Å². The number of nitrogens with one attached hydrogen (secondary N) is 1. The lowest BCUT2D eigenvalue weighted by atomic mass is 10.0. The van der Waals surface area contributed by atoms with Crippen LogP contribution in [-0.2, 0) is 36.0 Å². The van der Waals surface area contributed by atoms with Crippen molar-refractivity contribution in [3.8, 4) is 0 Å². The van der Waals surface area contributed by atoms with Crippen LogP contribution in [-0.4, -0.2) is 54.0 Å². The molecule has 0 fully saturated rings. The number of fused-ring (bicyclic) bond motifs is 3. The highest BCUT2D eigenvalue weighted by atomic mass is 16.4. The van der Waals surface area contributed by atoms with Gasteiger partial charge in [0.1, 0.15) is 0 Å². The van der Waals surface area contributed by atoms with Crippen LogP contribution in [0.3, 0.4) is 0 Å². The SMILES string of the molecule is CCCc1[nH]cnc1CN1CCc2c(c3ccccc3n2C)C1=O.O=C(O)/C=C\C(=O)O. The van der Waals surface area contributed by atoms with Crippen molar-refractivity contribution in [3.05, 3.63) is 65.4 Å². The third kappa shape index (κ3) is 4.88. The summed E-state index contributed by atoms with van der Waals surface area (Å²) in [6.07, 6.45) is 5.77. The fraction of sp³-hybridized carbons (Fsp3) is 0.304. The number of rotatable bonds is 6. The molecule has 0 saturated carbocycles. The number of nitrogens with zero attached hydrogens (tertiary/aromatic N) is 3. The third-order valence-corrected chi connectivity index (χ3v) is 5.36. The van der Waals surface area contributed by atoms with Gasteiger partial charge in [-0.3, -0.25) is 4.79 Å². The standard InChI is InChI=1S/C19H22N4O.C4H4O4/c1-3-6-14-15(21-12-20-14)11-23-10-9-17-18(19(23)24)13-7-4-5-8-16(13)22(17)2;5-3(6)1-2-4(7)8/h4-5,7-8,12H,3,6,9-11H2,1-2H3,(H,20,21);1-2H,(H,5,6)(H,7,8)/b;2-1-. The number of para-hydroxylation sites is 1. The van der Waals surface area contributed by atoms with Gasteiger partial charge >= 0.3 is 11.9 Å². The predicted octanol–water partition coefficient (Wildman–Crippen LogP) is 2.76. The number of carbonyl (C=O) groups is 3. The molecule has 0 unspecified atom stereocenters. The second kappa shape index (κ2) is 9.95. The predicted molar refractivity (Wildman–Crippen MR) is 118 cm³/mol. The molecule has 4 rings (SSSR count). The summed E-state index contributed by atoms with van der Waals surface area (Å²) in [6, 6.07) is 8.16. The molecule has 32 heavy (non-hydrogen) atoms. The molecule has 0 radical (unpaired) electrons. The Balaban J connectivity index is 0.000000312. The summed E-state index contributed by atoms with van der Waals surface area (Å²) in [4.78, 5) is 41.8. The zero-order valence-corrected chi connectivity index (χ0v) is 18.0. The van der Waals surface area contributed by atoms with Gasteiger partial charge in [0.2, 0.25) is 0 Å². The second-order valence-corrected chi connectivity index (χ2v) is 7.46. The number of aromatic amines is 1. The summed E-state index contributed by atoms with van der Waals surface area (Å²) in [5, 5.41) is 16.7. The van der Waals surface area contributed by atoms with Crippen molar-refractivity contribution in [2.75, 3.05) is 6.54 Å². The minimum Gasteiger partial charge on any atom is -0.478 e. The number of amides is 1. The molecule has 168 valence electrons. The molecular formula is C23H26N4O5. The number of carbonyl (C=O) groups excluding carboxylic acids is 1. The molecule has 3 heterocycles. The zero-order chi connectivity index (χ0) is 23.3. The number of imidazole rings is 1. The molecule has 9 nitrogen and oxygen atoms in total. The van der Waals surface area contributed by atoms with E-state index in [2.05, 4.69) is 34.6 Å². The molecule has 1 aromatic carbocycles. The summed E-state index contributed by atoms with van der Waals surface area (Å²) >= 11 is 0. The number of aromatic nitrogens is 3. The minimum atomic E-state index is -1.26. The van der Waals surface area contributed by atoms with Gasteiger partial charge in [-0.1, -0.05) is 31.5 Å². The maximum Gasteiger partial charge on any atom is 0.328 e. The van der Waals surface area contributed by atoms with E-state index in [0.29, 0.717) is 18.7 Å². The first kappa shape index (κ1) is 22.8. The Morgan fingerprint density at radius 3 is 2.53 bits per heavy atom. The van der Waals surface area contributed by atoms with Crippen LogP contribution in [0.2, 0.25) is 0 Å². The molecule has 0 aliphatic carbocycles. The largest absolute Gasteiger partial charge is 0.478 e. The van der Waals surface area contributed by atoms with E-state index in [9.17, 15) is 14.4 Å². The molecule has 1 aliphatic heterocycles. The van der Waals surface area contributed by atoms with Crippen LogP contribution in [0.15, 0.2) is 42.7 Å². The first-order valence-electron chi connectivity index (χ1n) is 10.3. The highest BCUT2D eigenvalue weighted by Crippen LogP contribution is 2.30. The maximum absolute atomic E-state index is 13.1. The van der Waals surface area contributed by atoms with Gasteiger partial charge in [-0.05, 0) is 12.5 Å². The van der Waals surface area contributed by atoms with E-state index in [1.807, 2.05) is 23.1 Å². The van der Waals surface area contributed by atoms with Gasteiger partial charge in [0.15, 0.2) is 0 Å². The summed E-state index contributed by atoms with van der Waals surface area (Å²) in [6.45, 7) is 3.48. The van der Waals surface area contributed by atoms with Gasteiger partial charge in [0.25, 0.3) is 5.91 Å². The van der Waals surface area contributed by atoms with Gasteiger partial charge < -0.3 is 24.7 Å². The lowest BCUT2D eigenvalue weighted by Gasteiger charge is -2.27. The maximum atomic E-state index is 13.1. The smallest absolute Gasteiger partial charge is 0.328 e. The van der Waals surface area contributed by atoms with Crippen LogP contribution in [0.5, 0.6) is 0 Å². The van der Waals surface area contributed by atoms with Gasteiger partial charge in [-0.15, -0.1) is 0 Å². The Morgan fingerprint density at radius 1 is 1.19 bits per heavy atom. The van der Waals surface area contributed by atoms with Crippen LogP contribution >= 0.6 is 0 Å². The van der Waals surface area contributed by atoms with Crippen LogP contribution < -0.4 is 0 Å². The highest BCUT2D eigenvalue weighted by Gasteiger charge is 2.30. The quantitative estimate of drug-likeness (QED) is 0.508. The van der Waals surface area contributed by atoms with Crippen molar-refractivity contribution >= 4 is 28.7 Å². The Labute approximate surface area is 185 Å². The molecule has 1 aliphatic rings. The number of benzene rings is 1. The molecule has 9 heteroatoms. The van der Waals surface area contributed by atoms with Gasteiger partial charge in [-0.2, -0.15) is 0 Å². The first-order chi connectivity index (χ1) is 15.3. The normalized spacial score (nSPS) is 13.2. The van der Waals surface area contributed by atoms with E-state index >= 15 is 0 Å². The zero-order valence-electron chi connectivity index (χ0n) is 18.0. The number of carboxylic acids is 2. The van der Waals surface area contributed by atoms with Crippen LogP contribution in [0.25, 0.3) is 10.9 Å². The van der Waals surface area contributed by atoms with Crippen molar-refractivity contribution in [3.63, 3.8) is 0 Å². The van der Waals surface area contributed by atoms with Gasteiger partial charge in [0, 0.05) is 54.5 Å². The van der Waals surface area contributed by atoms with E-state index < -0.39 is 11.9 Å². The molecule has 1 amide bonds.